The van der Waals surface area contributed by atoms with E-state index in [9.17, 15) is 4.79 Å². The number of para-hydroxylation sites is 1. The van der Waals surface area contributed by atoms with Gasteiger partial charge < -0.3 is 10.1 Å². The highest BCUT2D eigenvalue weighted by molar-refractivity contribution is 5.94. The lowest BCUT2D eigenvalue weighted by atomic mass is 10.2. The van der Waals surface area contributed by atoms with Crippen molar-refractivity contribution in [2.24, 2.45) is 0 Å². The van der Waals surface area contributed by atoms with E-state index < -0.39 is 0 Å². The summed E-state index contributed by atoms with van der Waals surface area (Å²) in [5, 5.41) is 11.2. The molecule has 0 aliphatic rings. The Kier molecular flexibility index (Phi) is 4.78. The fourth-order valence-corrected chi connectivity index (χ4v) is 2.78. The molecule has 1 amide bonds. The Morgan fingerprint density at radius 1 is 0.926 bits per heavy atom. The Bertz CT molecular complexity index is 1060. The van der Waals surface area contributed by atoms with E-state index in [0.29, 0.717) is 24.3 Å². The van der Waals surface area contributed by atoms with Crippen LogP contribution in [0, 0.1) is 0 Å². The second kappa shape index (κ2) is 7.70. The van der Waals surface area contributed by atoms with Gasteiger partial charge in [0.25, 0.3) is 5.91 Å². The molecule has 0 radical (unpaired) electrons. The fraction of sp³-hybridized carbons (Fsp3) is 0.0952. The number of hydrogen-bond donors (Lipinski definition) is 1. The van der Waals surface area contributed by atoms with Crippen molar-refractivity contribution < 1.29 is 9.53 Å². The summed E-state index contributed by atoms with van der Waals surface area (Å²) in [5.41, 5.74) is 1.35. The van der Waals surface area contributed by atoms with Crippen LogP contribution in [0.2, 0.25) is 0 Å². The summed E-state index contributed by atoms with van der Waals surface area (Å²) in [5.74, 6) is 2.01. The van der Waals surface area contributed by atoms with Crippen LogP contribution in [0.15, 0.2) is 79.0 Å². The number of amides is 1. The molecule has 0 atom stereocenters. The summed E-state index contributed by atoms with van der Waals surface area (Å²) in [6.07, 6.45) is 2.51. The van der Waals surface area contributed by atoms with Gasteiger partial charge in [0.15, 0.2) is 5.65 Å². The van der Waals surface area contributed by atoms with Crippen molar-refractivity contribution >= 4 is 11.6 Å². The van der Waals surface area contributed by atoms with Gasteiger partial charge in [0.1, 0.15) is 17.3 Å². The number of nitrogens with one attached hydrogen (secondary N) is 1. The number of hydrogen-bond acceptors (Lipinski definition) is 4. The van der Waals surface area contributed by atoms with Crippen LogP contribution in [0.3, 0.4) is 0 Å². The molecule has 27 heavy (non-hydrogen) atoms. The zero-order chi connectivity index (χ0) is 18.5. The quantitative estimate of drug-likeness (QED) is 0.573. The number of pyridine rings is 1. The molecule has 2 aromatic heterocycles. The van der Waals surface area contributed by atoms with E-state index in [1.54, 1.807) is 18.2 Å². The van der Waals surface area contributed by atoms with E-state index in [4.69, 9.17) is 4.74 Å². The van der Waals surface area contributed by atoms with Crippen molar-refractivity contribution in [2.45, 2.75) is 6.42 Å². The summed E-state index contributed by atoms with van der Waals surface area (Å²) in [6, 6.07) is 22.3. The van der Waals surface area contributed by atoms with Crippen LogP contribution in [0.25, 0.3) is 5.65 Å². The van der Waals surface area contributed by atoms with Crippen molar-refractivity contribution in [1.82, 2.24) is 19.9 Å². The topological polar surface area (TPSA) is 68.5 Å². The minimum Gasteiger partial charge on any atom is -0.457 e. The maximum absolute atomic E-state index is 12.4. The highest BCUT2D eigenvalue weighted by Crippen LogP contribution is 2.21. The Morgan fingerprint density at radius 3 is 2.63 bits per heavy atom. The third-order valence-corrected chi connectivity index (χ3v) is 4.09. The van der Waals surface area contributed by atoms with Gasteiger partial charge in [-0.3, -0.25) is 9.20 Å². The second-order valence-corrected chi connectivity index (χ2v) is 5.99. The van der Waals surface area contributed by atoms with Gasteiger partial charge in [0.2, 0.25) is 0 Å². The summed E-state index contributed by atoms with van der Waals surface area (Å²) in [6.45, 7) is 0.471. The minimum absolute atomic E-state index is 0.151. The third-order valence-electron chi connectivity index (χ3n) is 4.09. The van der Waals surface area contributed by atoms with Crippen molar-refractivity contribution in [2.75, 3.05) is 6.54 Å². The van der Waals surface area contributed by atoms with Crippen LogP contribution < -0.4 is 10.1 Å². The molecule has 0 aliphatic carbocycles. The van der Waals surface area contributed by atoms with Gasteiger partial charge in [-0.2, -0.15) is 0 Å². The first-order valence-electron chi connectivity index (χ1n) is 8.69. The summed E-state index contributed by atoms with van der Waals surface area (Å²) in [4.78, 5) is 12.4. The van der Waals surface area contributed by atoms with Crippen molar-refractivity contribution in [3.8, 4) is 11.5 Å². The van der Waals surface area contributed by atoms with Crippen LogP contribution in [0.1, 0.15) is 16.2 Å². The van der Waals surface area contributed by atoms with Gasteiger partial charge in [-0.15, -0.1) is 10.2 Å². The molecule has 1 N–H and O–H groups in total. The first-order valence-corrected chi connectivity index (χ1v) is 8.69. The number of benzene rings is 2. The molecule has 2 heterocycles. The summed E-state index contributed by atoms with van der Waals surface area (Å²) >= 11 is 0. The van der Waals surface area contributed by atoms with E-state index in [0.717, 1.165) is 17.2 Å². The lowest BCUT2D eigenvalue weighted by Crippen LogP contribution is -2.26. The minimum atomic E-state index is -0.151. The smallest absolute Gasteiger partial charge is 0.251 e. The number of ether oxygens (including phenoxy) is 1. The fourth-order valence-electron chi connectivity index (χ4n) is 2.78. The predicted molar refractivity (Wildman–Crippen MR) is 102 cm³/mol. The number of aromatic nitrogens is 3. The van der Waals surface area contributed by atoms with Crippen LogP contribution in [-0.4, -0.2) is 27.0 Å². The molecular weight excluding hydrogens is 340 g/mol. The van der Waals surface area contributed by atoms with Gasteiger partial charge in [-0.1, -0.05) is 30.3 Å². The van der Waals surface area contributed by atoms with Gasteiger partial charge in [-0.25, -0.2) is 0 Å². The number of rotatable bonds is 6. The largest absolute Gasteiger partial charge is 0.457 e. The molecule has 6 nitrogen and oxygen atoms in total. The first kappa shape index (κ1) is 16.8. The molecular formula is C21H18N4O2. The molecule has 0 saturated heterocycles. The van der Waals surface area contributed by atoms with Gasteiger partial charge >= 0.3 is 0 Å². The van der Waals surface area contributed by atoms with Gasteiger partial charge in [0.05, 0.1) is 0 Å². The molecule has 134 valence electrons. The Morgan fingerprint density at radius 2 is 1.74 bits per heavy atom. The Hall–Kier alpha value is -3.67. The number of fused-ring (bicyclic) bond motifs is 1. The molecule has 0 unspecified atom stereocenters. The van der Waals surface area contributed by atoms with Crippen molar-refractivity contribution in [1.29, 1.82) is 0 Å². The van der Waals surface area contributed by atoms with Gasteiger partial charge in [-0.05, 0) is 42.5 Å². The van der Waals surface area contributed by atoms with Crippen LogP contribution in [0.5, 0.6) is 11.5 Å². The standard InChI is InChI=1S/C21H18N4O2/c26-21(22-13-12-20-24-23-19-11-4-5-14-25(19)20)16-7-6-10-18(15-16)27-17-8-2-1-3-9-17/h1-11,14-15H,12-13H2,(H,22,26). The van der Waals surface area contributed by atoms with Gasteiger partial charge in [0, 0.05) is 24.7 Å². The molecule has 0 spiro atoms. The predicted octanol–water partition coefficient (Wildman–Crippen LogP) is 3.49. The van der Waals surface area contributed by atoms with E-state index in [1.807, 2.05) is 65.2 Å². The van der Waals surface area contributed by atoms with E-state index in [-0.39, 0.29) is 5.91 Å². The summed E-state index contributed by atoms with van der Waals surface area (Å²) < 4.78 is 7.70. The maximum Gasteiger partial charge on any atom is 0.251 e. The van der Waals surface area contributed by atoms with Crippen LogP contribution in [0.4, 0.5) is 0 Å². The van der Waals surface area contributed by atoms with Crippen LogP contribution in [-0.2, 0) is 6.42 Å². The molecule has 0 aliphatic heterocycles. The molecule has 4 rings (SSSR count). The number of carbonyl (C=O) groups is 1. The zero-order valence-corrected chi connectivity index (χ0v) is 14.6. The number of nitrogens with zero attached hydrogens (tertiary/aromatic N) is 3. The van der Waals surface area contributed by atoms with Crippen molar-refractivity contribution in [3.05, 3.63) is 90.4 Å². The molecule has 0 bridgehead atoms. The molecule has 6 heteroatoms. The zero-order valence-electron chi connectivity index (χ0n) is 14.6. The third kappa shape index (κ3) is 3.95. The van der Waals surface area contributed by atoms with E-state index >= 15 is 0 Å². The Balaban J connectivity index is 1.37. The second-order valence-electron chi connectivity index (χ2n) is 5.99. The van der Waals surface area contributed by atoms with Crippen molar-refractivity contribution in [3.63, 3.8) is 0 Å². The van der Waals surface area contributed by atoms with E-state index in [2.05, 4.69) is 15.5 Å². The average molecular weight is 358 g/mol. The lowest BCUT2D eigenvalue weighted by Gasteiger charge is -2.08. The highest BCUT2D eigenvalue weighted by Gasteiger charge is 2.09. The average Bonchev–Trinajstić information content (AvgIpc) is 3.12. The molecule has 4 aromatic rings. The molecule has 2 aromatic carbocycles. The monoisotopic (exact) mass is 358 g/mol. The highest BCUT2D eigenvalue weighted by atomic mass is 16.5. The Labute approximate surface area is 156 Å². The molecule has 0 saturated carbocycles. The first-order chi connectivity index (χ1) is 13.3. The normalized spacial score (nSPS) is 10.7. The SMILES string of the molecule is O=C(NCCc1nnc2ccccn12)c1cccc(Oc2ccccc2)c1. The van der Waals surface area contributed by atoms with Crippen LogP contribution >= 0.6 is 0 Å². The maximum atomic E-state index is 12.4. The summed E-state index contributed by atoms with van der Waals surface area (Å²) in [7, 11) is 0. The van der Waals surface area contributed by atoms with E-state index in [1.165, 1.54) is 0 Å². The lowest BCUT2D eigenvalue weighted by molar-refractivity contribution is 0.0953. The molecule has 0 fully saturated rings. The number of carbonyl (C=O) groups excluding carboxylic acids is 1.